The van der Waals surface area contributed by atoms with Crippen LogP contribution >= 0.6 is 0 Å². The van der Waals surface area contributed by atoms with Gasteiger partial charge in [0, 0.05) is 18.2 Å². The highest BCUT2D eigenvalue weighted by Crippen LogP contribution is 2.24. The summed E-state index contributed by atoms with van der Waals surface area (Å²) >= 11 is 0. The zero-order chi connectivity index (χ0) is 21.8. The van der Waals surface area contributed by atoms with E-state index in [1.807, 2.05) is 54.6 Å². The normalized spacial score (nSPS) is 13.6. The number of para-hydroxylation sites is 1. The lowest BCUT2D eigenvalue weighted by molar-refractivity contribution is 0.0950. The molecule has 1 aliphatic carbocycles. The lowest BCUT2D eigenvalue weighted by Crippen LogP contribution is -2.27. The first-order chi connectivity index (χ1) is 14.9. The molecule has 0 unspecified atom stereocenters. The zero-order valence-corrected chi connectivity index (χ0v) is 18.0. The minimum atomic E-state index is -3.62. The number of aryl methyl sites for hydroxylation is 1. The van der Waals surface area contributed by atoms with Crippen LogP contribution in [0.25, 0.3) is 0 Å². The number of hydrogen-bond donors (Lipinski definition) is 2. The molecule has 1 aliphatic rings. The Labute approximate surface area is 182 Å². The van der Waals surface area contributed by atoms with Crippen molar-refractivity contribution in [2.24, 2.45) is 0 Å². The molecule has 0 spiro atoms. The molecule has 3 aromatic carbocycles. The first-order valence-electron chi connectivity index (χ1n) is 10.1. The molecule has 0 aliphatic heterocycles. The van der Waals surface area contributed by atoms with Crippen molar-refractivity contribution in [3.8, 4) is 11.5 Å². The Balaban J connectivity index is 1.44. The van der Waals surface area contributed by atoms with Crippen LogP contribution in [0.2, 0.25) is 0 Å². The molecule has 0 aromatic heterocycles. The van der Waals surface area contributed by atoms with Crippen molar-refractivity contribution in [1.29, 1.82) is 0 Å². The van der Waals surface area contributed by atoms with E-state index in [9.17, 15) is 13.2 Å². The third-order valence-corrected chi connectivity index (χ3v) is 6.51. The van der Waals surface area contributed by atoms with Crippen LogP contribution in [-0.4, -0.2) is 20.4 Å². The molecule has 0 bridgehead atoms. The van der Waals surface area contributed by atoms with Gasteiger partial charge in [0.1, 0.15) is 11.5 Å². The van der Waals surface area contributed by atoms with Gasteiger partial charge in [-0.05, 0) is 67.3 Å². The molecule has 2 N–H and O–H groups in total. The number of nitrogens with one attached hydrogen (secondary N) is 2. The first-order valence-corrected chi connectivity index (χ1v) is 11.6. The maximum Gasteiger partial charge on any atom is 0.251 e. The second kappa shape index (κ2) is 8.91. The predicted molar refractivity (Wildman–Crippen MR) is 119 cm³/mol. The van der Waals surface area contributed by atoms with E-state index in [1.54, 1.807) is 13.0 Å². The minimum Gasteiger partial charge on any atom is -0.457 e. The Morgan fingerprint density at radius 3 is 2.45 bits per heavy atom. The zero-order valence-electron chi connectivity index (χ0n) is 17.2. The number of carbonyl (C=O) groups is 1. The van der Waals surface area contributed by atoms with Crippen LogP contribution in [0.3, 0.4) is 0 Å². The molecule has 1 fully saturated rings. The molecule has 160 valence electrons. The van der Waals surface area contributed by atoms with E-state index in [0.29, 0.717) is 23.4 Å². The maximum atomic E-state index is 12.8. The molecule has 31 heavy (non-hydrogen) atoms. The maximum absolute atomic E-state index is 12.8. The van der Waals surface area contributed by atoms with E-state index in [2.05, 4.69) is 10.0 Å². The van der Waals surface area contributed by atoms with E-state index in [1.165, 1.54) is 12.1 Å². The SMILES string of the molecule is Cc1ccc(S(=O)(=O)NC2CC2)cc1C(=O)NCc1cccc(Oc2ccccc2)c1. The number of rotatable bonds is 8. The minimum absolute atomic E-state index is 0.00830. The van der Waals surface area contributed by atoms with Gasteiger partial charge < -0.3 is 10.1 Å². The van der Waals surface area contributed by atoms with Crippen LogP contribution in [0, 0.1) is 6.92 Å². The Bertz CT molecular complexity index is 1190. The number of ether oxygens (including phenoxy) is 1. The molecule has 4 rings (SSSR count). The quantitative estimate of drug-likeness (QED) is 0.555. The van der Waals surface area contributed by atoms with Crippen LogP contribution in [-0.2, 0) is 16.6 Å². The lowest BCUT2D eigenvalue weighted by atomic mass is 10.1. The van der Waals surface area contributed by atoms with Gasteiger partial charge in [-0.25, -0.2) is 13.1 Å². The van der Waals surface area contributed by atoms with E-state index in [4.69, 9.17) is 4.74 Å². The Kier molecular flexibility index (Phi) is 6.06. The summed E-state index contributed by atoms with van der Waals surface area (Å²) in [7, 11) is -3.62. The average molecular weight is 437 g/mol. The summed E-state index contributed by atoms with van der Waals surface area (Å²) in [5.74, 6) is 1.08. The van der Waals surface area contributed by atoms with Gasteiger partial charge in [-0.1, -0.05) is 36.4 Å². The number of hydrogen-bond acceptors (Lipinski definition) is 4. The second-order valence-electron chi connectivity index (χ2n) is 7.62. The number of benzene rings is 3. The van der Waals surface area contributed by atoms with E-state index in [-0.39, 0.29) is 16.8 Å². The molecular formula is C24H24N2O4S. The van der Waals surface area contributed by atoms with E-state index in [0.717, 1.165) is 24.2 Å². The van der Waals surface area contributed by atoms with E-state index >= 15 is 0 Å². The molecule has 1 saturated carbocycles. The molecule has 1 amide bonds. The van der Waals surface area contributed by atoms with Crippen LogP contribution in [0.1, 0.15) is 34.3 Å². The fraction of sp³-hybridized carbons (Fsp3) is 0.208. The van der Waals surface area contributed by atoms with Crippen molar-refractivity contribution >= 4 is 15.9 Å². The monoisotopic (exact) mass is 436 g/mol. The van der Waals surface area contributed by atoms with Crippen molar-refractivity contribution in [2.75, 3.05) is 0 Å². The average Bonchev–Trinajstić information content (AvgIpc) is 3.56. The standard InChI is InChI=1S/C24H24N2O4S/c1-17-10-13-22(31(28,29)26-19-11-12-19)15-23(17)24(27)25-16-18-6-5-9-21(14-18)30-20-7-3-2-4-8-20/h2-10,13-15,19,26H,11-12,16H2,1H3,(H,25,27). The lowest BCUT2D eigenvalue weighted by Gasteiger charge is -2.12. The molecule has 0 atom stereocenters. The number of sulfonamides is 1. The molecule has 0 radical (unpaired) electrons. The molecule has 3 aromatic rings. The first kappa shape index (κ1) is 21.1. The van der Waals surface area contributed by atoms with Crippen molar-refractivity contribution < 1.29 is 17.9 Å². The predicted octanol–water partition coefficient (Wildman–Crippen LogP) is 4.16. The highest BCUT2D eigenvalue weighted by atomic mass is 32.2. The van der Waals surface area contributed by atoms with Crippen LogP contribution in [0.15, 0.2) is 77.7 Å². The largest absolute Gasteiger partial charge is 0.457 e. The Morgan fingerprint density at radius 2 is 1.71 bits per heavy atom. The van der Waals surface area contributed by atoms with Crippen LogP contribution in [0.5, 0.6) is 11.5 Å². The summed E-state index contributed by atoms with van der Waals surface area (Å²) in [4.78, 5) is 12.9. The van der Waals surface area contributed by atoms with Crippen molar-refractivity contribution in [1.82, 2.24) is 10.0 Å². The van der Waals surface area contributed by atoms with Gasteiger partial charge in [-0.15, -0.1) is 0 Å². The fourth-order valence-corrected chi connectivity index (χ4v) is 4.45. The second-order valence-corrected chi connectivity index (χ2v) is 9.33. The number of amides is 1. The van der Waals surface area contributed by atoms with Gasteiger partial charge in [0.05, 0.1) is 4.90 Å². The summed E-state index contributed by atoms with van der Waals surface area (Å²) < 4.78 is 33.4. The molecule has 0 heterocycles. The summed E-state index contributed by atoms with van der Waals surface area (Å²) in [5.41, 5.74) is 1.93. The highest BCUT2D eigenvalue weighted by molar-refractivity contribution is 7.89. The smallest absolute Gasteiger partial charge is 0.251 e. The van der Waals surface area contributed by atoms with Crippen LogP contribution in [0.4, 0.5) is 0 Å². The summed E-state index contributed by atoms with van der Waals surface area (Å²) in [6.07, 6.45) is 1.71. The molecule has 6 nitrogen and oxygen atoms in total. The van der Waals surface area contributed by atoms with Gasteiger partial charge in [0.2, 0.25) is 10.0 Å². The number of carbonyl (C=O) groups excluding carboxylic acids is 1. The highest BCUT2D eigenvalue weighted by Gasteiger charge is 2.28. The molecular weight excluding hydrogens is 412 g/mol. The summed E-state index contributed by atoms with van der Waals surface area (Å²) in [6, 6.07) is 21.6. The Morgan fingerprint density at radius 1 is 0.968 bits per heavy atom. The van der Waals surface area contributed by atoms with Gasteiger partial charge in [0.25, 0.3) is 5.91 Å². The van der Waals surface area contributed by atoms with Gasteiger partial charge in [-0.3, -0.25) is 4.79 Å². The third-order valence-electron chi connectivity index (χ3n) is 4.99. The topological polar surface area (TPSA) is 84.5 Å². The van der Waals surface area contributed by atoms with Crippen molar-refractivity contribution in [3.63, 3.8) is 0 Å². The van der Waals surface area contributed by atoms with Gasteiger partial charge in [0.15, 0.2) is 0 Å². The molecule has 7 heteroatoms. The molecule has 0 saturated heterocycles. The van der Waals surface area contributed by atoms with Gasteiger partial charge >= 0.3 is 0 Å². The van der Waals surface area contributed by atoms with Crippen LogP contribution < -0.4 is 14.8 Å². The summed E-state index contributed by atoms with van der Waals surface area (Å²) in [5, 5.41) is 2.87. The fourth-order valence-electron chi connectivity index (χ4n) is 3.12. The van der Waals surface area contributed by atoms with Crippen molar-refractivity contribution in [3.05, 3.63) is 89.5 Å². The summed E-state index contributed by atoms with van der Waals surface area (Å²) in [6.45, 7) is 2.08. The third kappa shape index (κ3) is 5.51. The van der Waals surface area contributed by atoms with Gasteiger partial charge in [-0.2, -0.15) is 0 Å². The Hall–Kier alpha value is -3.16. The van der Waals surface area contributed by atoms with E-state index < -0.39 is 10.0 Å². The van der Waals surface area contributed by atoms with Crippen molar-refractivity contribution in [2.45, 2.75) is 37.2 Å².